The summed E-state index contributed by atoms with van der Waals surface area (Å²) in [7, 11) is 1.52. The van der Waals surface area contributed by atoms with Crippen LogP contribution in [0.25, 0.3) is 0 Å². The Kier molecular flexibility index (Phi) is 8.74. The van der Waals surface area contributed by atoms with E-state index in [1.54, 1.807) is 36.4 Å². The summed E-state index contributed by atoms with van der Waals surface area (Å²) >= 11 is 0. The molecule has 3 N–H and O–H groups in total. The number of halogens is 3. The molecule has 1 heterocycles. The zero-order valence-electron chi connectivity index (χ0n) is 23.3. The molecule has 3 aromatic rings. The number of aliphatic hydroxyl groups excluding tert-OH is 2. The van der Waals surface area contributed by atoms with Crippen molar-refractivity contribution in [2.75, 3.05) is 26.8 Å². The number of nitrogens with one attached hydrogen (secondary N) is 1. The zero-order chi connectivity index (χ0) is 30.7. The highest BCUT2D eigenvalue weighted by Crippen LogP contribution is 2.47. The second kappa shape index (κ2) is 12.5. The lowest BCUT2D eigenvalue weighted by molar-refractivity contribution is -0.137. The highest BCUT2D eigenvalue weighted by Gasteiger charge is 2.50. The lowest BCUT2D eigenvalue weighted by Crippen LogP contribution is -2.56. The third-order valence-corrected chi connectivity index (χ3v) is 7.77. The van der Waals surface area contributed by atoms with E-state index in [0.29, 0.717) is 17.1 Å². The van der Waals surface area contributed by atoms with E-state index in [-0.39, 0.29) is 37.3 Å². The minimum atomic E-state index is -4.58. The van der Waals surface area contributed by atoms with Gasteiger partial charge in [-0.25, -0.2) is 0 Å². The summed E-state index contributed by atoms with van der Waals surface area (Å²) < 4.78 is 51.3. The Morgan fingerprint density at radius 1 is 1.02 bits per heavy atom. The van der Waals surface area contributed by atoms with E-state index in [9.17, 15) is 33.0 Å². The van der Waals surface area contributed by atoms with Crippen LogP contribution in [-0.4, -0.2) is 72.0 Å². The molecule has 4 unspecified atom stereocenters. The molecule has 3 aromatic carbocycles. The summed E-state index contributed by atoms with van der Waals surface area (Å²) in [6.07, 6.45) is -4.98. The predicted molar refractivity (Wildman–Crippen MR) is 151 cm³/mol. The fraction of sp³-hybridized carbons (Fsp3) is 0.312. The largest absolute Gasteiger partial charge is 0.496 e. The Morgan fingerprint density at radius 2 is 1.72 bits per heavy atom. The molecule has 8 nitrogen and oxygen atoms in total. The second-order valence-electron chi connectivity index (χ2n) is 10.3. The van der Waals surface area contributed by atoms with Crippen molar-refractivity contribution in [1.82, 2.24) is 10.2 Å². The van der Waals surface area contributed by atoms with Crippen molar-refractivity contribution in [2.45, 2.75) is 36.8 Å². The zero-order valence-corrected chi connectivity index (χ0v) is 23.3. The van der Waals surface area contributed by atoms with Crippen molar-refractivity contribution in [2.24, 2.45) is 0 Å². The van der Waals surface area contributed by atoms with E-state index < -0.39 is 47.7 Å². The fourth-order valence-electron chi connectivity index (χ4n) is 5.70. The van der Waals surface area contributed by atoms with Gasteiger partial charge in [0, 0.05) is 29.8 Å². The minimum Gasteiger partial charge on any atom is -0.496 e. The van der Waals surface area contributed by atoms with Crippen molar-refractivity contribution in [3.63, 3.8) is 0 Å². The van der Waals surface area contributed by atoms with Gasteiger partial charge in [-0.3, -0.25) is 9.59 Å². The van der Waals surface area contributed by atoms with Crippen LogP contribution < -0.4 is 14.8 Å². The van der Waals surface area contributed by atoms with Crippen LogP contribution in [0.2, 0.25) is 0 Å². The van der Waals surface area contributed by atoms with Gasteiger partial charge in [0.05, 0.1) is 31.2 Å². The van der Waals surface area contributed by atoms with Crippen LogP contribution in [0.1, 0.15) is 33.0 Å². The number of ether oxygens (including phenoxy) is 2. The van der Waals surface area contributed by atoms with Gasteiger partial charge in [0.2, 0.25) is 5.91 Å². The number of para-hydroxylation sites is 2. The third-order valence-electron chi connectivity index (χ3n) is 7.77. The van der Waals surface area contributed by atoms with E-state index in [2.05, 4.69) is 5.32 Å². The molecule has 43 heavy (non-hydrogen) atoms. The number of rotatable bonds is 9. The Bertz CT molecular complexity index is 1510. The first-order chi connectivity index (χ1) is 20.6. The molecule has 0 saturated carbocycles. The fourth-order valence-corrected chi connectivity index (χ4v) is 5.70. The lowest BCUT2D eigenvalue weighted by atomic mass is 9.77. The predicted octanol–water partition coefficient (Wildman–Crippen LogP) is 3.72. The molecule has 2 amide bonds. The number of benzene rings is 3. The lowest BCUT2D eigenvalue weighted by Gasteiger charge is -2.41. The highest BCUT2D eigenvalue weighted by molar-refractivity contribution is 5.97. The molecule has 0 spiro atoms. The number of aliphatic hydroxyl groups is 2. The number of methoxy groups -OCH3 is 1. The SMILES string of the molecule is COc1ccccc1CCN(C(=O)c1ccc(C(F)(F)F)cc1)C1C=C(C(=O)NCCO)C2c3ccccc3OC2C1O. The van der Waals surface area contributed by atoms with Gasteiger partial charge in [-0.2, -0.15) is 13.2 Å². The minimum absolute atomic E-state index is 0.00865. The highest BCUT2D eigenvalue weighted by atomic mass is 19.4. The molecule has 1 aliphatic heterocycles. The average molecular weight is 597 g/mol. The molecular formula is C32H31F3N2O6. The molecule has 226 valence electrons. The summed E-state index contributed by atoms with van der Waals surface area (Å²) in [5.74, 6) is -0.685. The van der Waals surface area contributed by atoms with Gasteiger partial charge in [0.25, 0.3) is 5.91 Å². The molecule has 0 saturated heterocycles. The molecule has 1 aliphatic carbocycles. The van der Waals surface area contributed by atoms with Crippen LogP contribution in [0.15, 0.2) is 84.4 Å². The molecule has 5 rings (SSSR count). The summed E-state index contributed by atoms with van der Waals surface area (Å²) in [5.41, 5.74) is 0.807. The molecule has 11 heteroatoms. The van der Waals surface area contributed by atoms with E-state index in [0.717, 1.165) is 29.8 Å². The first-order valence-corrected chi connectivity index (χ1v) is 13.8. The van der Waals surface area contributed by atoms with E-state index in [1.165, 1.54) is 18.1 Å². The Morgan fingerprint density at radius 3 is 2.42 bits per heavy atom. The number of carbonyl (C=O) groups excluding carboxylic acids is 2. The van der Waals surface area contributed by atoms with Crippen molar-refractivity contribution in [1.29, 1.82) is 0 Å². The van der Waals surface area contributed by atoms with Crippen LogP contribution >= 0.6 is 0 Å². The third kappa shape index (κ3) is 6.09. The van der Waals surface area contributed by atoms with Gasteiger partial charge < -0.3 is 29.9 Å². The Hall–Kier alpha value is -4.35. The monoisotopic (exact) mass is 596 g/mol. The Balaban J connectivity index is 1.56. The van der Waals surface area contributed by atoms with Crippen LogP contribution in [0.5, 0.6) is 11.5 Å². The van der Waals surface area contributed by atoms with Gasteiger partial charge in [0.15, 0.2) is 0 Å². The average Bonchev–Trinajstić information content (AvgIpc) is 3.41. The van der Waals surface area contributed by atoms with Gasteiger partial charge >= 0.3 is 6.18 Å². The molecule has 4 atom stereocenters. The van der Waals surface area contributed by atoms with Crippen LogP contribution in [0, 0.1) is 0 Å². The number of fused-ring (bicyclic) bond motifs is 3. The first kappa shape index (κ1) is 30.1. The smallest absolute Gasteiger partial charge is 0.416 e. The summed E-state index contributed by atoms with van der Waals surface area (Å²) in [5, 5.41) is 23.6. The van der Waals surface area contributed by atoms with Gasteiger partial charge in [0.1, 0.15) is 23.7 Å². The summed E-state index contributed by atoms with van der Waals surface area (Å²) in [6, 6.07) is 17.1. The second-order valence-corrected chi connectivity index (χ2v) is 10.3. The molecule has 0 bridgehead atoms. The van der Waals surface area contributed by atoms with Crippen LogP contribution in [0.4, 0.5) is 13.2 Å². The number of alkyl halides is 3. The van der Waals surface area contributed by atoms with Crippen molar-refractivity contribution < 1.29 is 42.4 Å². The van der Waals surface area contributed by atoms with Crippen molar-refractivity contribution >= 4 is 11.8 Å². The maximum Gasteiger partial charge on any atom is 0.416 e. The maximum absolute atomic E-state index is 14.0. The molecule has 2 aliphatic rings. The van der Waals surface area contributed by atoms with Crippen molar-refractivity contribution in [3.05, 3.63) is 107 Å². The quantitative estimate of drug-likeness (QED) is 0.348. The van der Waals surface area contributed by atoms with Crippen molar-refractivity contribution in [3.8, 4) is 11.5 Å². The Labute approximate surface area is 246 Å². The van der Waals surface area contributed by atoms with Crippen LogP contribution in [0.3, 0.4) is 0 Å². The standard InChI is InChI=1S/C32H31F3N2O6/c1-42-25-8-4-2-6-19(25)14-16-37(31(41)20-10-12-21(13-11-20)32(33,34)35)24-18-23(30(40)36-15-17-38)27-22-7-3-5-9-26(22)43-29(27)28(24)39/h2-13,18,24,27-29,38-39H,14-17H2,1H3,(H,36,40). The van der Waals surface area contributed by atoms with E-state index in [1.807, 2.05) is 12.1 Å². The van der Waals surface area contributed by atoms with E-state index >= 15 is 0 Å². The van der Waals surface area contributed by atoms with Gasteiger partial charge in [-0.15, -0.1) is 0 Å². The topological polar surface area (TPSA) is 108 Å². The van der Waals surface area contributed by atoms with E-state index in [4.69, 9.17) is 9.47 Å². The number of carbonyl (C=O) groups is 2. The number of amides is 2. The van der Waals surface area contributed by atoms with Crippen LogP contribution in [-0.2, 0) is 17.4 Å². The maximum atomic E-state index is 14.0. The molecular weight excluding hydrogens is 565 g/mol. The number of hydrogen-bond acceptors (Lipinski definition) is 6. The molecule has 0 fully saturated rings. The number of nitrogens with zero attached hydrogens (tertiary/aromatic N) is 1. The summed E-state index contributed by atoms with van der Waals surface area (Å²) in [6.45, 7) is -0.261. The van der Waals surface area contributed by atoms with Gasteiger partial charge in [-0.05, 0) is 54.5 Å². The summed E-state index contributed by atoms with van der Waals surface area (Å²) in [4.78, 5) is 28.7. The molecule has 0 aromatic heterocycles. The number of hydrogen-bond donors (Lipinski definition) is 3. The normalized spacial score (nSPS) is 20.7. The molecule has 0 radical (unpaired) electrons. The first-order valence-electron chi connectivity index (χ1n) is 13.8. The van der Waals surface area contributed by atoms with Gasteiger partial charge in [-0.1, -0.05) is 36.4 Å².